The van der Waals surface area contributed by atoms with Gasteiger partial charge in [-0.25, -0.2) is 0 Å². The van der Waals surface area contributed by atoms with Gasteiger partial charge in [-0.05, 0) is 29.3 Å². The fourth-order valence-electron chi connectivity index (χ4n) is 3.18. The number of hydrogen-bond donors (Lipinski definition) is 1. The van der Waals surface area contributed by atoms with E-state index in [9.17, 15) is 4.79 Å². The fraction of sp³-hybridized carbons (Fsp3) is 0.136. The van der Waals surface area contributed by atoms with Gasteiger partial charge in [0.2, 0.25) is 0 Å². The van der Waals surface area contributed by atoms with E-state index in [4.69, 9.17) is 4.74 Å². The first-order valence-electron chi connectivity index (χ1n) is 8.49. The lowest BCUT2D eigenvalue weighted by Crippen LogP contribution is -2.32. The molecule has 1 aliphatic rings. The van der Waals surface area contributed by atoms with Crippen LogP contribution in [0.5, 0.6) is 5.75 Å². The summed E-state index contributed by atoms with van der Waals surface area (Å²) in [5.41, 5.74) is 3.97. The molecule has 0 radical (unpaired) electrons. The quantitative estimate of drug-likeness (QED) is 0.762. The summed E-state index contributed by atoms with van der Waals surface area (Å²) in [6.45, 7) is 0.620. The minimum atomic E-state index is -0.0543. The number of carbonyl (C=O) groups is 1. The van der Waals surface area contributed by atoms with Crippen LogP contribution in [0, 0.1) is 0 Å². The maximum Gasteiger partial charge on any atom is 0.251 e. The molecular formula is C22H19NO2. The Balaban J connectivity index is 1.51. The summed E-state index contributed by atoms with van der Waals surface area (Å²) in [4.78, 5) is 12.6. The van der Waals surface area contributed by atoms with Crippen molar-refractivity contribution in [3.63, 3.8) is 0 Å². The standard InChI is InChI=1S/C22H19NO2/c24-22(23-20-14-15-25-21-9-5-4-8-19(20)21)18-12-10-17(11-13-18)16-6-2-1-3-7-16/h1-13,20H,14-15H2,(H,23,24)/t20-/m0/s1. The molecule has 1 aliphatic heterocycles. The van der Waals surface area contributed by atoms with Crippen molar-refractivity contribution in [3.8, 4) is 16.9 Å². The van der Waals surface area contributed by atoms with Crippen molar-refractivity contribution >= 4 is 5.91 Å². The Bertz CT molecular complexity index is 872. The average Bonchev–Trinajstić information content (AvgIpc) is 2.69. The minimum absolute atomic E-state index is 0.00810. The fourth-order valence-corrected chi connectivity index (χ4v) is 3.18. The normalized spacial score (nSPS) is 15.8. The molecule has 3 aromatic rings. The zero-order valence-electron chi connectivity index (χ0n) is 13.8. The van der Waals surface area contributed by atoms with Crippen molar-refractivity contribution in [1.82, 2.24) is 5.32 Å². The first-order valence-corrected chi connectivity index (χ1v) is 8.49. The number of carbonyl (C=O) groups excluding carboxylic acids is 1. The lowest BCUT2D eigenvalue weighted by Gasteiger charge is -2.26. The number of hydrogen-bond acceptors (Lipinski definition) is 2. The average molecular weight is 329 g/mol. The highest BCUT2D eigenvalue weighted by molar-refractivity contribution is 5.95. The van der Waals surface area contributed by atoms with Gasteiger partial charge < -0.3 is 10.1 Å². The van der Waals surface area contributed by atoms with Crippen molar-refractivity contribution in [2.45, 2.75) is 12.5 Å². The van der Waals surface area contributed by atoms with E-state index in [1.54, 1.807) is 0 Å². The molecule has 0 fully saturated rings. The van der Waals surface area contributed by atoms with E-state index in [-0.39, 0.29) is 11.9 Å². The van der Waals surface area contributed by atoms with Crippen LogP contribution >= 0.6 is 0 Å². The first-order chi connectivity index (χ1) is 12.3. The zero-order valence-corrected chi connectivity index (χ0v) is 13.8. The largest absolute Gasteiger partial charge is 0.493 e. The first kappa shape index (κ1) is 15.5. The second-order valence-corrected chi connectivity index (χ2v) is 6.14. The number of amides is 1. The molecule has 1 heterocycles. The summed E-state index contributed by atoms with van der Waals surface area (Å²) in [5.74, 6) is 0.805. The van der Waals surface area contributed by atoms with Gasteiger partial charge in [-0.3, -0.25) is 4.79 Å². The van der Waals surface area contributed by atoms with Crippen LogP contribution in [-0.4, -0.2) is 12.5 Å². The monoisotopic (exact) mass is 329 g/mol. The highest BCUT2D eigenvalue weighted by atomic mass is 16.5. The summed E-state index contributed by atoms with van der Waals surface area (Å²) < 4.78 is 5.65. The second kappa shape index (κ2) is 6.81. The van der Waals surface area contributed by atoms with E-state index in [0.717, 1.165) is 28.9 Å². The summed E-state index contributed by atoms with van der Waals surface area (Å²) in [6, 6.07) is 25.8. The van der Waals surface area contributed by atoms with Gasteiger partial charge in [-0.2, -0.15) is 0 Å². The number of fused-ring (bicyclic) bond motifs is 1. The van der Waals surface area contributed by atoms with Gasteiger partial charge >= 0.3 is 0 Å². The Labute approximate surface area is 147 Å². The Morgan fingerprint density at radius 3 is 2.32 bits per heavy atom. The maximum atomic E-state index is 12.6. The number of para-hydroxylation sites is 1. The van der Waals surface area contributed by atoms with Gasteiger partial charge in [0.05, 0.1) is 12.6 Å². The molecule has 0 aromatic heterocycles. The van der Waals surface area contributed by atoms with E-state index in [0.29, 0.717) is 12.2 Å². The van der Waals surface area contributed by atoms with Crippen LogP contribution in [-0.2, 0) is 0 Å². The molecule has 1 atom stereocenters. The van der Waals surface area contributed by atoms with E-state index < -0.39 is 0 Å². The predicted molar refractivity (Wildman–Crippen MR) is 98.6 cm³/mol. The summed E-state index contributed by atoms with van der Waals surface area (Å²) >= 11 is 0. The molecule has 0 saturated heterocycles. The molecule has 4 rings (SSSR count). The lowest BCUT2D eigenvalue weighted by molar-refractivity contribution is 0.0925. The van der Waals surface area contributed by atoms with Gasteiger partial charge in [0, 0.05) is 17.5 Å². The third-order valence-electron chi connectivity index (χ3n) is 4.52. The van der Waals surface area contributed by atoms with Crippen LogP contribution in [0.4, 0.5) is 0 Å². The molecule has 3 aromatic carbocycles. The number of rotatable bonds is 3. The Morgan fingerprint density at radius 2 is 1.52 bits per heavy atom. The third-order valence-corrected chi connectivity index (χ3v) is 4.52. The van der Waals surface area contributed by atoms with Gasteiger partial charge in [0.25, 0.3) is 5.91 Å². The molecular weight excluding hydrogens is 310 g/mol. The lowest BCUT2D eigenvalue weighted by atomic mass is 9.99. The molecule has 0 spiro atoms. The summed E-state index contributed by atoms with van der Waals surface area (Å²) in [5, 5.41) is 3.13. The Kier molecular flexibility index (Phi) is 4.21. The smallest absolute Gasteiger partial charge is 0.251 e. The number of benzene rings is 3. The second-order valence-electron chi connectivity index (χ2n) is 6.14. The van der Waals surface area contributed by atoms with E-state index in [1.807, 2.05) is 66.7 Å². The molecule has 3 heteroatoms. The van der Waals surface area contributed by atoms with Crippen LogP contribution in [0.2, 0.25) is 0 Å². The van der Waals surface area contributed by atoms with Crippen molar-refractivity contribution < 1.29 is 9.53 Å². The highest BCUT2D eigenvalue weighted by Gasteiger charge is 2.22. The number of ether oxygens (including phenoxy) is 1. The summed E-state index contributed by atoms with van der Waals surface area (Å²) in [7, 11) is 0. The van der Waals surface area contributed by atoms with Crippen LogP contribution in [0.25, 0.3) is 11.1 Å². The van der Waals surface area contributed by atoms with Crippen LogP contribution in [0.3, 0.4) is 0 Å². The van der Waals surface area contributed by atoms with Gasteiger partial charge in [0.15, 0.2) is 0 Å². The van der Waals surface area contributed by atoms with E-state index in [2.05, 4.69) is 17.4 Å². The van der Waals surface area contributed by atoms with Gasteiger partial charge in [-0.1, -0.05) is 60.7 Å². The van der Waals surface area contributed by atoms with Gasteiger partial charge in [0.1, 0.15) is 5.75 Å². The van der Waals surface area contributed by atoms with E-state index in [1.165, 1.54) is 0 Å². The van der Waals surface area contributed by atoms with E-state index >= 15 is 0 Å². The Hall–Kier alpha value is -3.07. The van der Waals surface area contributed by atoms with Crippen molar-refractivity contribution in [2.24, 2.45) is 0 Å². The molecule has 25 heavy (non-hydrogen) atoms. The molecule has 1 amide bonds. The molecule has 124 valence electrons. The molecule has 0 bridgehead atoms. The zero-order chi connectivity index (χ0) is 17.1. The van der Waals surface area contributed by atoms with Crippen LogP contribution in [0.15, 0.2) is 78.9 Å². The van der Waals surface area contributed by atoms with Crippen LogP contribution < -0.4 is 10.1 Å². The third kappa shape index (κ3) is 3.26. The Morgan fingerprint density at radius 1 is 0.840 bits per heavy atom. The van der Waals surface area contributed by atoms with Crippen LogP contribution in [0.1, 0.15) is 28.4 Å². The van der Waals surface area contributed by atoms with Crippen molar-refractivity contribution in [1.29, 1.82) is 0 Å². The minimum Gasteiger partial charge on any atom is -0.493 e. The molecule has 1 N–H and O–H groups in total. The highest BCUT2D eigenvalue weighted by Crippen LogP contribution is 2.31. The molecule has 0 saturated carbocycles. The van der Waals surface area contributed by atoms with Gasteiger partial charge in [-0.15, -0.1) is 0 Å². The maximum absolute atomic E-state index is 12.6. The molecule has 0 unspecified atom stereocenters. The topological polar surface area (TPSA) is 38.3 Å². The van der Waals surface area contributed by atoms with Crippen molar-refractivity contribution in [3.05, 3.63) is 90.0 Å². The predicted octanol–water partition coefficient (Wildman–Crippen LogP) is 4.61. The number of nitrogens with one attached hydrogen (secondary N) is 1. The SMILES string of the molecule is O=C(N[C@H]1CCOc2ccccc21)c1ccc(-c2ccccc2)cc1. The molecule has 3 nitrogen and oxygen atoms in total. The molecule has 0 aliphatic carbocycles. The summed E-state index contributed by atoms with van der Waals surface area (Å²) in [6.07, 6.45) is 0.783. The van der Waals surface area contributed by atoms with Crippen molar-refractivity contribution in [2.75, 3.05) is 6.61 Å².